The molecular formula is C64H45N. The summed E-state index contributed by atoms with van der Waals surface area (Å²) in [6.45, 7) is 0. The Bertz CT molecular complexity index is 3480. The minimum absolute atomic E-state index is 0.00329. The molecule has 11 aromatic rings. The van der Waals surface area contributed by atoms with Gasteiger partial charge in [0.15, 0.2) is 0 Å². The largest absolute Gasteiger partial charge is 0.310 e. The van der Waals surface area contributed by atoms with Crippen molar-refractivity contribution >= 4 is 27.8 Å². The Morgan fingerprint density at radius 1 is 0.277 bits per heavy atom. The van der Waals surface area contributed by atoms with E-state index in [4.69, 9.17) is 0 Å². The average molecular weight is 831 g/mol. The summed E-state index contributed by atoms with van der Waals surface area (Å²) in [5.41, 5.74) is 15.8. The van der Waals surface area contributed by atoms with Crippen molar-refractivity contribution < 1.29 is 4.11 Å². The lowest BCUT2D eigenvalue weighted by Gasteiger charge is -2.29. The number of hydrogen-bond donors (Lipinski definition) is 0. The van der Waals surface area contributed by atoms with Crippen LogP contribution in [0.15, 0.2) is 273 Å². The molecule has 0 saturated heterocycles. The molecule has 11 rings (SSSR count). The van der Waals surface area contributed by atoms with Gasteiger partial charge in [-0.05, 0) is 138 Å². The fraction of sp³-hybridized carbons (Fsp3) is 0. The fourth-order valence-electron chi connectivity index (χ4n) is 8.95. The predicted octanol–water partition coefficient (Wildman–Crippen LogP) is 18.0. The van der Waals surface area contributed by atoms with E-state index in [1.807, 2.05) is 78.9 Å². The fourth-order valence-corrected chi connectivity index (χ4v) is 8.95. The second-order valence-electron chi connectivity index (χ2n) is 16.2. The zero-order chi connectivity index (χ0) is 46.0. The molecule has 65 heavy (non-hydrogen) atoms. The quantitative estimate of drug-likeness (QED) is 0.133. The first-order valence-corrected chi connectivity index (χ1v) is 22.1. The van der Waals surface area contributed by atoms with E-state index >= 15 is 0 Å². The SMILES string of the molecule is [2H]c1c([2H])c(N(c2ccc(-c3cc(-c4ccccc4)cc(-c4ccccc4)c3)cc2)c2ccc(-c3c(-c4ccccc4)ccc4ccccc34)cc2)c(-c2ccccc2)c([2H])c1-c1ccccc1. The first kappa shape index (κ1) is 36.0. The van der Waals surface area contributed by atoms with Gasteiger partial charge in [-0.15, -0.1) is 0 Å². The van der Waals surface area contributed by atoms with Crippen LogP contribution in [0.5, 0.6) is 0 Å². The van der Waals surface area contributed by atoms with Crippen LogP contribution in [0.4, 0.5) is 17.1 Å². The number of hydrogen-bond acceptors (Lipinski definition) is 1. The molecule has 0 aliphatic rings. The number of nitrogens with zero attached hydrogens (tertiary/aromatic N) is 1. The normalized spacial score (nSPS) is 11.7. The van der Waals surface area contributed by atoms with Gasteiger partial charge in [-0.2, -0.15) is 0 Å². The third-order valence-electron chi connectivity index (χ3n) is 12.2. The van der Waals surface area contributed by atoms with Crippen molar-refractivity contribution in [3.8, 4) is 77.9 Å². The Morgan fingerprint density at radius 2 is 0.677 bits per heavy atom. The van der Waals surface area contributed by atoms with Crippen molar-refractivity contribution in [2.45, 2.75) is 0 Å². The Hall–Kier alpha value is -8.52. The maximum absolute atomic E-state index is 9.97. The van der Waals surface area contributed by atoms with Gasteiger partial charge in [0.25, 0.3) is 0 Å². The minimum Gasteiger partial charge on any atom is -0.310 e. The van der Waals surface area contributed by atoms with E-state index < -0.39 is 0 Å². The molecule has 0 aromatic heterocycles. The third kappa shape index (κ3) is 8.04. The predicted molar refractivity (Wildman–Crippen MR) is 277 cm³/mol. The topological polar surface area (TPSA) is 3.24 Å². The Labute approximate surface area is 386 Å². The summed E-state index contributed by atoms with van der Waals surface area (Å²) < 4.78 is 29.5. The maximum Gasteiger partial charge on any atom is 0.0645 e. The number of benzene rings is 11. The van der Waals surface area contributed by atoms with Gasteiger partial charge in [-0.25, -0.2) is 0 Å². The van der Waals surface area contributed by atoms with Crippen LogP contribution >= 0.6 is 0 Å². The molecule has 0 heterocycles. The molecule has 306 valence electrons. The first-order valence-electron chi connectivity index (χ1n) is 23.6. The lowest BCUT2D eigenvalue weighted by Crippen LogP contribution is -2.11. The van der Waals surface area contributed by atoms with E-state index in [-0.39, 0.29) is 18.1 Å². The highest BCUT2D eigenvalue weighted by Crippen LogP contribution is 2.45. The van der Waals surface area contributed by atoms with E-state index in [1.54, 1.807) is 0 Å². The molecule has 0 aliphatic carbocycles. The lowest BCUT2D eigenvalue weighted by molar-refractivity contribution is 1.28. The molecule has 1 heteroatoms. The summed E-state index contributed by atoms with van der Waals surface area (Å²) in [5.74, 6) is 0. The first-order chi connectivity index (χ1) is 33.5. The van der Waals surface area contributed by atoms with Crippen LogP contribution in [-0.4, -0.2) is 0 Å². The molecule has 0 bridgehead atoms. The molecule has 0 saturated carbocycles. The second kappa shape index (κ2) is 17.7. The molecule has 0 spiro atoms. The molecule has 1 nitrogen and oxygen atoms in total. The highest BCUT2D eigenvalue weighted by Gasteiger charge is 2.20. The molecule has 0 atom stereocenters. The number of anilines is 3. The standard InChI is InChI=1S/C64H45N/c1-6-18-46(19-7-1)54-35-41-63(62(45-54)51-26-14-5-15-27-51)65(59-38-32-53(33-39-59)64-60-29-17-16-28-52(60)34-40-61(64)50-24-12-4-13-25-50)58-36-30-49(31-37-58)57-43-55(47-20-8-2-9-21-47)42-56(44-57)48-22-10-3-11-23-48/h1-45H/i35D,41D,45D. The number of fused-ring (bicyclic) bond motifs is 1. The van der Waals surface area contributed by atoms with Gasteiger partial charge in [0.05, 0.1) is 9.80 Å². The average Bonchev–Trinajstić information content (AvgIpc) is 3.41. The molecule has 0 N–H and O–H groups in total. The van der Waals surface area contributed by atoms with Crippen LogP contribution in [0.3, 0.4) is 0 Å². The van der Waals surface area contributed by atoms with Crippen molar-refractivity contribution in [2.24, 2.45) is 0 Å². The van der Waals surface area contributed by atoms with Crippen molar-refractivity contribution in [1.82, 2.24) is 0 Å². The van der Waals surface area contributed by atoms with E-state index in [9.17, 15) is 4.11 Å². The van der Waals surface area contributed by atoms with Crippen LogP contribution in [0.2, 0.25) is 0 Å². The van der Waals surface area contributed by atoms with Crippen molar-refractivity contribution in [1.29, 1.82) is 0 Å². The van der Waals surface area contributed by atoms with Gasteiger partial charge in [0.2, 0.25) is 0 Å². The third-order valence-corrected chi connectivity index (χ3v) is 12.2. The summed E-state index contributed by atoms with van der Waals surface area (Å²) >= 11 is 0. The Morgan fingerprint density at radius 3 is 1.18 bits per heavy atom. The second-order valence-corrected chi connectivity index (χ2v) is 16.2. The smallest absolute Gasteiger partial charge is 0.0645 e. The van der Waals surface area contributed by atoms with Gasteiger partial charge in [-0.1, -0.05) is 218 Å². The van der Waals surface area contributed by atoms with Gasteiger partial charge in [0.1, 0.15) is 0 Å². The van der Waals surface area contributed by atoms with Crippen LogP contribution < -0.4 is 4.90 Å². The van der Waals surface area contributed by atoms with Crippen LogP contribution in [-0.2, 0) is 0 Å². The molecular weight excluding hydrogens is 783 g/mol. The summed E-state index contributed by atoms with van der Waals surface area (Å²) in [5, 5.41) is 2.32. The van der Waals surface area contributed by atoms with Crippen LogP contribution in [0.1, 0.15) is 4.11 Å². The van der Waals surface area contributed by atoms with Crippen LogP contribution in [0, 0.1) is 0 Å². The van der Waals surface area contributed by atoms with Crippen LogP contribution in [0.25, 0.3) is 88.7 Å². The molecule has 0 unspecified atom stereocenters. The highest BCUT2D eigenvalue weighted by molar-refractivity contribution is 6.04. The molecule has 0 fully saturated rings. The zero-order valence-corrected chi connectivity index (χ0v) is 35.7. The summed E-state index contributed by atoms with van der Waals surface area (Å²) in [6.07, 6.45) is 0. The lowest BCUT2D eigenvalue weighted by atomic mass is 9.89. The molecule has 0 aliphatic heterocycles. The van der Waals surface area contributed by atoms with Crippen molar-refractivity contribution in [3.63, 3.8) is 0 Å². The summed E-state index contributed by atoms with van der Waals surface area (Å²) in [7, 11) is 0. The van der Waals surface area contributed by atoms with E-state index in [1.165, 1.54) is 0 Å². The highest BCUT2D eigenvalue weighted by atomic mass is 15.1. The molecule has 11 aromatic carbocycles. The zero-order valence-electron chi connectivity index (χ0n) is 38.7. The number of rotatable bonds is 10. The maximum atomic E-state index is 9.97. The monoisotopic (exact) mass is 830 g/mol. The van der Waals surface area contributed by atoms with Gasteiger partial charge < -0.3 is 4.90 Å². The van der Waals surface area contributed by atoms with Gasteiger partial charge in [-0.3, -0.25) is 0 Å². The van der Waals surface area contributed by atoms with E-state index in [2.05, 4.69) is 181 Å². The molecule has 0 amide bonds. The minimum atomic E-state index is 0.00329. The van der Waals surface area contributed by atoms with E-state index in [0.717, 1.165) is 88.9 Å². The summed E-state index contributed by atoms with van der Waals surface area (Å²) in [6, 6.07) is 88.0. The van der Waals surface area contributed by atoms with Gasteiger partial charge >= 0.3 is 0 Å². The van der Waals surface area contributed by atoms with Gasteiger partial charge in [0, 0.05) is 16.9 Å². The van der Waals surface area contributed by atoms with Crippen molar-refractivity contribution in [2.75, 3.05) is 4.90 Å². The Kier molecular flexibility index (Phi) is 9.80. The summed E-state index contributed by atoms with van der Waals surface area (Å²) in [4.78, 5) is 2.07. The molecule has 0 radical (unpaired) electrons. The van der Waals surface area contributed by atoms with E-state index in [0.29, 0.717) is 16.8 Å². The van der Waals surface area contributed by atoms with Crippen molar-refractivity contribution in [3.05, 3.63) is 273 Å². The Balaban J connectivity index is 1.11.